The number of piperazine rings is 1. The Hall–Kier alpha value is -1.57. The minimum Gasteiger partial charge on any atom is -0.385 e. The summed E-state index contributed by atoms with van der Waals surface area (Å²) in [6.45, 7) is 6.54. The lowest BCUT2D eigenvalue weighted by atomic mass is 10.1. The van der Waals surface area contributed by atoms with E-state index in [9.17, 15) is 0 Å². The molecule has 0 bridgehead atoms. The van der Waals surface area contributed by atoms with Gasteiger partial charge in [-0.15, -0.1) is 0 Å². The van der Waals surface area contributed by atoms with Gasteiger partial charge in [-0.05, 0) is 43.7 Å². The second-order valence-corrected chi connectivity index (χ2v) is 5.89. The van der Waals surface area contributed by atoms with Crippen molar-refractivity contribution in [3.05, 3.63) is 29.8 Å². The summed E-state index contributed by atoms with van der Waals surface area (Å²) >= 11 is 0. The van der Waals surface area contributed by atoms with Gasteiger partial charge in [-0.2, -0.15) is 5.26 Å². The molecule has 4 heteroatoms. The highest BCUT2D eigenvalue weighted by atomic mass is 16.5. The van der Waals surface area contributed by atoms with Crippen molar-refractivity contribution in [1.29, 1.82) is 5.26 Å². The fourth-order valence-corrected chi connectivity index (χ4v) is 2.91. The van der Waals surface area contributed by atoms with Gasteiger partial charge in [0.1, 0.15) is 0 Å². The van der Waals surface area contributed by atoms with Gasteiger partial charge in [-0.25, -0.2) is 0 Å². The molecule has 0 spiro atoms. The van der Waals surface area contributed by atoms with Crippen LogP contribution in [0, 0.1) is 11.3 Å². The van der Waals surface area contributed by atoms with Crippen LogP contribution in [0.15, 0.2) is 24.3 Å². The smallest absolute Gasteiger partial charge is 0.0991 e. The molecule has 1 aromatic carbocycles. The standard InChI is InChI=1S/C18H27N3O/c1-22-15-5-3-2-4-10-20-11-13-21(14-12-20)18-8-6-17(16-19)7-9-18/h6-9H,2-5,10-15H2,1H3. The summed E-state index contributed by atoms with van der Waals surface area (Å²) in [7, 11) is 1.77. The second-order valence-electron chi connectivity index (χ2n) is 5.89. The third-order valence-electron chi connectivity index (χ3n) is 4.31. The molecular formula is C18H27N3O. The van der Waals surface area contributed by atoms with E-state index < -0.39 is 0 Å². The number of hydrogen-bond acceptors (Lipinski definition) is 4. The van der Waals surface area contributed by atoms with Crippen molar-refractivity contribution in [3.63, 3.8) is 0 Å². The number of nitrogens with zero attached hydrogens (tertiary/aromatic N) is 3. The number of anilines is 1. The van der Waals surface area contributed by atoms with Crippen LogP contribution in [-0.4, -0.2) is 51.3 Å². The first kappa shape index (κ1) is 16.8. The first-order valence-corrected chi connectivity index (χ1v) is 8.30. The van der Waals surface area contributed by atoms with Crippen LogP contribution < -0.4 is 4.90 Å². The molecular weight excluding hydrogens is 274 g/mol. The van der Waals surface area contributed by atoms with Crippen molar-refractivity contribution < 1.29 is 4.74 Å². The van der Waals surface area contributed by atoms with Gasteiger partial charge in [0.05, 0.1) is 11.6 Å². The molecule has 2 rings (SSSR count). The van der Waals surface area contributed by atoms with E-state index in [1.54, 1.807) is 7.11 Å². The molecule has 1 aliphatic rings. The average Bonchev–Trinajstić information content (AvgIpc) is 2.59. The van der Waals surface area contributed by atoms with Gasteiger partial charge in [0.15, 0.2) is 0 Å². The number of methoxy groups -OCH3 is 1. The Morgan fingerprint density at radius 2 is 1.68 bits per heavy atom. The van der Waals surface area contributed by atoms with Gasteiger partial charge in [-0.1, -0.05) is 12.8 Å². The van der Waals surface area contributed by atoms with E-state index in [0.717, 1.165) is 38.3 Å². The van der Waals surface area contributed by atoms with Crippen molar-refractivity contribution in [3.8, 4) is 6.07 Å². The van der Waals surface area contributed by atoms with Crippen molar-refractivity contribution >= 4 is 5.69 Å². The van der Waals surface area contributed by atoms with Crippen LogP contribution in [0.5, 0.6) is 0 Å². The van der Waals surface area contributed by atoms with E-state index in [1.807, 2.05) is 12.1 Å². The van der Waals surface area contributed by atoms with Crippen LogP contribution in [0.1, 0.15) is 31.2 Å². The largest absolute Gasteiger partial charge is 0.385 e. The summed E-state index contributed by atoms with van der Waals surface area (Å²) in [6, 6.07) is 10.1. The van der Waals surface area contributed by atoms with Gasteiger partial charge in [0.2, 0.25) is 0 Å². The van der Waals surface area contributed by atoms with Crippen LogP contribution >= 0.6 is 0 Å². The molecule has 0 unspecified atom stereocenters. The highest BCUT2D eigenvalue weighted by Crippen LogP contribution is 2.17. The van der Waals surface area contributed by atoms with Crippen LogP contribution in [0.3, 0.4) is 0 Å². The van der Waals surface area contributed by atoms with E-state index in [-0.39, 0.29) is 0 Å². The van der Waals surface area contributed by atoms with Gasteiger partial charge in [-0.3, -0.25) is 4.90 Å². The summed E-state index contributed by atoms with van der Waals surface area (Å²) in [4.78, 5) is 4.98. The molecule has 1 heterocycles. The van der Waals surface area contributed by atoms with Gasteiger partial charge < -0.3 is 9.64 Å². The zero-order valence-corrected chi connectivity index (χ0v) is 13.6. The highest BCUT2D eigenvalue weighted by molar-refractivity contribution is 5.50. The van der Waals surface area contributed by atoms with E-state index in [2.05, 4.69) is 28.0 Å². The fourth-order valence-electron chi connectivity index (χ4n) is 2.91. The molecule has 1 fully saturated rings. The molecule has 0 N–H and O–H groups in total. The molecule has 0 atom stereocenters. The van der Waals surface area contributed by atoms with Crippen LogP contribution in [0.2, 0.25) is 0 Å². The van der Waals surface area contributed by atoms with Gasteiger partial charge >= 0.3 is 0 Å². The highest BCUT2D eigenvalue weighted by Gasteiger charge is 2.16. The minimum atomic E-state index is 0.732. The number of hydrogen-bond donors (Lipinski definition) is 0. The lowest BCUT2D eigenvalue weighted by molar-refractivity contribution is 0.190. The monoisotopic (exact) mass is 301 g/mol. The average molecular weight is 301 g/mol. The number of rotatable bonds is 8. The number of ether oxygens (including phenoxy) is 1. The molecule has 0 amide bonds. The zero-order chi connectivity index (χ0) is 15.6. The summed E-state index contributed by atoms with van der Waals surface area (Å²) in [5, 5.41) is 8.85. The van der Waals surface area contributed by atoms with E-state index in [1.165, 1.54) is 37.9 Å². The van der Waals surface area contributed by atoms with E-state index in [4.69, 9.17) is 10.00 Å². The third kappa shape index (κ3) is 5.32. The Morgan fingerprint density at radius 3 is 2.32 bits per heavy atom. The SMILES string of the molecule is COCCCCCCN1CCN(c2ccc(C#N)cc2)CC1. The quantitative estimate of drug-likeness (QED) is 0.692. The molecule has 1 saturated heterocycles. The molecule has 1 aliphatic heterocycles. The van der Waals surface area contributed by atoms with Crippen molar-refractivity contribution in [2.45, 2.75) is 25.7 Å². The Labute approximate surface area is 134 Å². The first-order valence-electron chi connectivity index (χ1n) is 8.30. The lowest BCUT2D eigenvalue weighted by Gasteiger charge is -2.36. The second kappa shape index (κ2) is 9.45. The van der Waals surface area contributed by atoms with Gasteiger partial charge in [0, 0.05) is 45.6 Å². The molecule has 0 aromatic heterocycles. The molecule has 1 aromatic rings. The van der Waals surface area contributed by atoms with Crippen LogP contribution in [-0.2, 0) is 4.74 Å². The van der Waals surface area contributed by atoms with Crippen molar-refractivity contribution in [2.24, 2.45) is 0 Å². The maximum Gasteiger partial charge on any atom is 0.0991 e. The number of nitriles is 1. The fraction of sp³-hybridized carbons (Fsp3) is 0.611. The number of benzene rings is 1. The molecule has 22 heavy (non-hydrogen) atoms. The molecule has 0 aliphatic carbocycles. The summed E-state index contributed by atoms with van der Waals surface area (Å²) in [5.74, 6) is 0. The normalized spacial score (nSPS) is 15.7. The first-order chi connectivity index (χ1) is 10.8. The topological polar surface area (TPSA) is 39.5 Å². The van der Waals surface area contributed by atoms with Crippen LogP contribution in [0.4, 0.5) is 5.69 Å². The molecule has 0 radical (unpaired) electrons. The summed E-state index contributed by atoms with van der Waals surface area (Å²) in [6.07, 6.45) is 5.06. The Bertz CT molecular complexity index is 458. The van der Waals surface area contributed by atoms with Crippen molar-refractivity contribution in [2.75, 3.05) is 51.3 Å². The van der Waals surface area contributed by atoms with E-state index in [0.29, 0.717) is 0 Å². The summed E-state index contributed by atoms with van der Waals surface area (Å²) < 4.78 is 5.07. The molecule has 4 nitrogen and oxygen atoms in total. The predicted molar refractivity (Wildman–Crippen MR) is 90.2 cm³/mol. The maximum absolute atomic E-state index is 8.85. The van der Waals surface area contributed by atoms with Crippen molar-refractivity contribution in [1.82, 2.24) is 4.90 Å². The number of unbranched alkanes of at least 4 members (excludes halogenated alkanes) is 3. The Balaban J connectivity index is 1.64. The summed E-state index contributed by atoms with van der Waals surface area (Å²) in [5.41, 5.74) is 1.97. The maximum atomic E-state index is 8.85. The predicted octanol–water partition coefficient (Wildman–Crippen LogP) is 2.89. The lowest BCUT2D eigenvalue weighted by Crippen LogP contribution is -2.46. The Morgan fingerprint density at radius 1 is 1.00 bits per heavy atom. The minimum absolute atomic E-state index is 0.732. The Kier molecular flexibility index (Phi) is 7.21. The van der Waals surface area contributed by atoms with E-state index >= 15 is 0 Å². The zero-order valence-electron chi connectivity index (χ0n) is 13.6. The molecule has 120 valence electrons. The van der Waals surface area contributed by atoms with Crippen LogP contribution in [0.25, 0.3) is 0 Å². The third-order valence-corrected chi connectivity index (χ3v) is 4.31. The van der Waals surface area contributed by atoms with Gasteiger partial charge in [0.25, 0.3) is 0 Å². The molecule has 0 saturated carbocycles.